The Labute approximate surface area is 96.9 Å². The van der Waals surface area contributed by atoms with Gasteiger partial charge in [-0.15, -0.1) is 13.2 Å². The van der Waals surface area contributed by atoms with Crippen molar-refractivity contribution in [2.75, 3.05) is 5.73 Å². The number of rotatable bonds is 2. The minimum atomic E-state index is -4.79. The molecular formula is C7H7F3IN3O. The Hall–Kier alpha value is -0.770. The summed E-state index contributed by atoms with van der Waals surface area (Å²) >= 11 is 1.68. The molecule has 0 atom stereocenters. The van der Waals surface area contributed by atoms with Crippen LogP contribution in [0.15, 0.2) is 6.20 Å². The first-order valence-electron chi connectivity index (χ1n) is 3.74. The Balaban J connectivity index is 3.15. The van der Waals surface area contributed by atoms with E-state index >= 15 is 0 Å². The van der Waals surface area contributed by atoms with Gasteiger partial charge in [0.2, 0.25) is 0 Å². The minimum absolute atomic E-state index is 0.0692. The molecule has 0 saturated carbocycles. The van der Waals surface area contributed by atoms with Gasteiger partial charge < -0.3 is 16.2 Å². The van der Waals surface area contributed by atoms with E-state index in [1.165, 1.54) is 6.20 Å². The van der Waals surface area contributed by atoms with E-state index in [1.807, 2.05) is 0 Å². The molecule has 0 aliphatic rings. The molecule has 0 bridgehead atoms. The van der Waals surface area contributed by atoms with Gasteiger partial charge >= 0.3 is 6.36 Å². The first kappa shape index (κ1) is 12.3. The molecule has 1 heterocycles. The highest BCUT2D eigenvalue weighted by Crippen LogP contribution is 2.33. The van der Waals surface area contributed by atoms with Crippen molar-refractivity contribution in [1.29, 1.82) is 0 Å². The Morgan fingerprint density at radius 2 is 2.07 bits per heavy atom. The lowest BCUT2D eigenvalue weighted by atomic mass is 10.3. The van der Waals surface area contributed by atoms with Crippen molar-refractivity contribution in [3.8, 4) is 5.75 Å². The maximum atomic E-state index is 12.0. The maximum absolute atomic E-state index is 12.0. The van der Waals surface area contributed by atoms with E-state index < -0.39 is 12.1 Å². The summed E-state index contributed by atoms with van der Waals surface area (Å²) in [5, 5.41) is 0. The van der Waals surface area contributed by atoms with Gasteiger partial charge in [0, 0.05) is 18.3 Å². The van der Waals surface area contributed by atoms with Crippen LogP contribution in [0.1, 0.15) is 5.56 Å². The molecule has 0 spiro atoms. The topological polar surface area (TPSA) is 74.2 Å². The van der Waals surface area contributed by atoms with Crippen LogP contribution in [0.3, 0.4) is 0 Å². The molecule has 4 nitrogen and oxygen atoms in total. The number of hydrogen-bond donors (Lipinski definition) is 2. The maximum Gasteiger partial charge on any atom is 0.573 e. The van der Waals surface area contributed by atoms with Crippen LogP contribution in [0.4, 0.5) is 19.0 Å². The van der Waals surface area contributed by atoms with Crippen LogP contribution >= 0.6 is 22.6 Å². The molecule has 1 aromatic rings. The van der Waals surface area contributed by atoms with Crippen LogP contribution in [0.2, 0.25) is 0 Å². The molecule has 1 aromatic heterocycles. The van der Waals surface area contributed by atoms with E-state index in [9.17, 15) is 13.2 Å². The number of nitrogens with two attached hydrogens (primary N) is 2. The van der Waals surface area contributed by atoms with E-state index in [-0.39, 0.29) is 15.9 Å². The van der Waals surface area contributed by atoms with Crippen LogP contribution < -0.4 is 16.2 Å². The predicted molar refractivity (Wildman–Crippen MR) is 55.9 cm³/mol. The molecule has 84 valence electrons. The van der Waals surface area contributed by atoms with Crippen molar-refractivity contribution in [2.24, 2.45) is 5.73 Å². The molecule has 0 unspecified atom stereocenters. The standard InChI is InChI=1S/C7H7F3IN3O/c8-7(9,10)15-5-4(11)3(1-12)2-14-6(5)13/h2H,1,12H2,(H2,13,14). The lowest BCUT2D eigenvalue weighted by molar-refractivity contribution is -0.274. The third kappa shape index (κ3) is 3.09. The zero-order valence-corrected chi connectivity index (χ0v) is 9.46. The summed E-state index contributed by atoms with van der Waals surface area (Å²) in [7, 11) is 0. The molecule has 0 aliphatic heterocycles. The molecule has 0 saturated heterocycles. The van der Waals surface area contributed by atoms with Gasteiger partial charge in [-0.25, -0.2) is 4.98 Å². The zero-order valence-electron chi connectivity index (χ0n) is 7.31. The van der Waals surface area contributed by atoms with Crippen molar-refractivity contribution in [1.82, 2.24) is 4.98 Å². The minimum Gasteiger partial charge on any atom is -0.401 e. The van der Waals surface area contributed by atoms with Gasteiger partial charge in [0.1, 0.15) is 0 Å². The average molecular weight is 333 g/mol. The largest absolute Gasteiger partial charge is 0.573 e. The zero-order chi connectivity index (χ0) is 11.6. The lowest BCUT2D eigenvalue weighted by Crippen LogP contribution is -2.20. The van der Waals surface area contributed by atoms with Crippen LogP contribution in [0, 0.1) is 3.57 Å². The molecule has 0 radical (unpaired) electrons. The van der Waals surface area contributed by atoms with Crippen LogP contribution in [0.5, 0.6) is 5.75 Å². The van der Waals surface area contributed by atoms with Gasteiger partial charge in [0.15, 0.2) is 11.6 Å². The summed E-state index contributed by atoms with van der Waals surface area (Å²) in [5.41, 5.74) is 11.0. The number of hydrogen-bond acceptors (Lipinski definition) is 4. The average Bonchev–Trinajstić information content (AvgIpc) is 2.11. The Morgan fingerprint density at radius 1 is 1.47 bits per heavy atom. The second-order valence-electron chi connectivity index (χ2n) is 2.56. The number of alkyl halides is 3. The van der Waals surface area contributed by atoms with Crippen LogP contribution in [-0.2, 0) is 6.54 Å². The lowest BCUT2D eigenvalue weighted by Gasteiger charge is -2.13. The van der Waals surface area contributed by atoms with E-state index in [0.717, 1.165) is 0 Å². The number of pyridine rings is 1. The fourth-order valence-corrected chi connectivity index (χ4v) is 1.62. The van der Waals surface area contributed by atoms with Gasteiger partial charge in [-0.3, -0.25) is 0 Å². The number of nitrogen functional groups attached to an aromatic ring is 1. The fourth-order valence-electron chi connectivity index (χ4n) is 0.876. The summed E-state index contributed by atoms with van der Waals surface area (Å²) < 4.78 is 40.0. The highest BCUT2D eigenvalue weighted by molar-refractivity contribution is 14.1. The number of aromatic nitrogens is 1. The quantitative estimate of drug-likeness (QED) is 0.807. The Kier molecular flexibility index (Phi) is 3.60. The summed E-state index contributed by atoms with van der Waals surface area (Å²) in [6.07, 6.45) is -3.47. The SMILES string of the molecule is NCc1cnc(N)c(OC(F)(F)F)c1I. The molecule has 0 amide bonds. The normalized spacial score (nSPS) is 11.5. The van der Waals surface area contributed by atoms with Crippen molar-refractivity contribution >= 4 is 28.4 Å². The summed E-state index contributed by atoms with van der Waals surface area (Å²) in [6, 6.07) is 0. The van der Waals surface area contributed by atoms with Crippen molar-refractivity contribution in [3.05, 3.63) is 15.3 Å². The summed E-state index contributed by atoms with van der Waals surface area (Å²) in [6.45, 7) is 0.0692. The van der Waals surface area contributed by atoms with Gasteiger partial charge in [0.05, 0.1) is 3.57 Å². The number of anilines is 1. The smallest absolute Gasteiger partial charge is 0.401 e. The molecule has 8 heteroatoms. The van der Waals surface area contributed by atoms with E-state index in [2.05, 4.69) is 9.72 Å². The van der Waals surface area contributed by atoms with E-state index in [4.69, 9.17) is 11.5 Å². The van der Waals surface area contributed by atoms with Crippen LogP contribution in [-0.4, -0.2) is 11.3 Å². The molecule has 0 aliphatic carbocycles. The first-order valence-corrected chi connectivity index (χ1v) is 4.81. The molecule has 4 N–H and O–H groups in total. The Bertz CT molecular complexity index is 369. The molecule has 0 fully saturated rings. The van der Waals surface area contributed by atoms with Gasteiger partial charge in [-0.2, -0.15) is 0 Å². The monoisotopic (exact) mass is 333 g/mol. The first-order chi connectivity index (χ1) is 6.85. The van der Waals surface area contributed by atoms with Gasteiger partial charge in [-0.1, -0.05) is 0 Å². The second kappa shape index (κ2) is 4.39. The molecule has 1 rings (SSSR count). The Morgan fingerprint density at radius 3 is 2.53 bits per heavy atom. The van der Waals surface area contributed by atoms with Crippen molar-refractivity contribution in [3.63, 3.8) is 0 Å². The second-order valence-corrected chi connectivity index (χ2v) is 3.64. The molecule has 0 aromatic carbocycles. The molecule has 15 heavy (non-hydrogen) atoms. The fraction of sp³-hybridized carbons (Fsp3) is 0.286. The van der Waals surface area contributed by atoms with Gasteiger partial charge in [-0.05, 0) is 22.6 Å². The van der Waals surface area contributed by atoms with E-state index in [1.54, 1.807) is 22.6 Å². The number of ether oxygens (including phenoxy) is 1. The third-order valence-electron chi connectivity index (χ3n) is 1.51. The summed E-state index contributed by atoms with van der Waals surface area (Å²) in [4.78, 5) is 3.56. The number of halogens is 4. The highest BCUT2D eigenvalue weighted by atomic mass is 127. The summed E-state index contributed by atoms with van der Waals surface area (Å²) in [5.74, 6) is -0.806. The third-order valence-corrected chi connectivity index (χ3v) is 2.69. The number of nitrogens with zero attached hydrogens (tertiary/aromatic N) is 1. The van der Waals surface area contributed by atoms with Crippen molar-refractivity contribution in [2.45, 2.75) is 12.9 Å². The van der Waals surface area contributed by atoms with Crippen molar-refractivity contribution < 1.29 is 17.9 Å². The molecular weight excluding hydrogens is 326 g/mol. The van der Waals surface area contributed by atoms with Crippen LogP contribution in [0.25, 0.3) is 0 Å². The predicted octanol–water partition coefficient (Wildman–Crippen LogP) is 1.63. The van der Waals surface area contributed by atoms with Gasteiger partial charge in [0.25, 0.3) is 0 Å². The highest BCUT2D eigenvalue weighted by Gasteiger charge is 2.33. The van der Waals surface area contributed by atoms with E-state index in [0.29, 0.717) is 5.56 Å².